The Kier molecular flexibility index (Phi) is 4.17. The second-order valence-electron chi connectivity index (χ2n) is 5.05. The van der Waals surface area contributed by atoms with Crippen molar-refractivity contribution in [2.24, 2.45) is 5.92 Å². The summed E-state index contributed by atoms with van der Waals surface area (Å²) in [6.07, 6.45) is 3.62. The van der Waals surface area contributed by atoms with E-state index in [0.29, 0.717) is 5.92 Å². The molecule has 1 N–H and O–H groups in total. The van der Waals surface area contributed by atoms with Crippen molar-refractivity contribution >= 4 is 0 Å². The summed E-state index contributed by atoms with van der Waals surface area (Å²) in [5, 5.41) is 8.85. The lowest BCUT2D eigenvalue weighted by atomic mass is 9.89. The van der Waals surface area contributed by atoms with E-state index in [2.05, 4.69) is 6.92 Å². The van der Waals surface area contributed by atoms with Crippen molar-refractivity contribution in [2.45, 2.75) is 45.3 Å². The molecule has 4 heteroatoms. The first-order chi connectivity index (χ1) is 8.60. The maximum absolute atomic E-state index is 13.7. The van der Waals surface area contributed by atoms with Crippen LogP contribution < -0.4 is 4.74 Å². The van der Waals surface area contributed by atoms with Crippen LogP contribution in [0.15, 0.2) is 12.1 Å². The Morgan fingerprint density at radius 1 is 1.17 bits per heavy atom. The molecule has 0 spiro atoms. The fourth-order valence-electron chi connectivity index (χ4n) is 2.33. The van der Waals surface area contributed by atoms with E-state index in [1.165, 1.54) is 0 Å². The van der Waals surface area contributed by atoms with Crippen LogP contribution in [0.2, 0.25) is 0 Å². The van der Waals surface area contributed by atoms with Gasteiger partial charge in [0.15, 0.2) is 17.4 Å². The lowest BCUT2D eigenvalue weighted by molar-refractivity contribution is 0.124. The number of rotatable bonds is 3. The molecule has 100 valence electrons. The van der Waals surface area contributed by atoms with Crippen LogP contribution >= 0.6 is 0 Å². The zero-order chi connectivity index (χ0) is 13.1. The van der Waals surface area contributed by atoms with Crippen LogP contribution in [-0.2, 0) is 6.61 Å². The number of hydrogen-bond acceptors (Lipinski definition) is 2. The Morgan fingerprint density at radius 3 is 2.22 bits per heavy atom. The normalized spacial score (nSPS) is 24.0. The number of ether oxygens (including phenoxy) is 1. The lowest BCUT2D eigenvalue weighted by Crippen LogP contribution is -2.24. The molecule has 0 amide bonds. The number of aliphatic hydroxyl groups excluding tert-OH is 1. The van der Waals surface area contributed by atoms with Crippen molar-refractivity contribution in [3.8, 4) is 5.75 Å². The Balaban J connectivity index is 2.09. The number of benzene rings is 1. The van der Waals surface area contributed by atoms with Gasteiger partial charge in [0.1, 0.15) is 0 Å². The second kappa shape index (κ2) is 5.65. The zero-order valence-electron chi connectivity index (χ0n) is 10.5. The van der Waals surface area contributed by atoms with Gasteiger partial charge in [-0.3, -0.25) is 0 Å². The van der Waals surface area contributed by atoms with Gasteiger partial charge < -0.3 is 9.84 Å². The molecule has 2 nitrogen and oxygen atoms in total. The maximum atomic E-state index is 13.7. The minimum absolute atomic E-state index is 0.106. The van der Waals surface area contributed by atoms with E-state index >= 15 is 0 Å². The molecule has 1 saturated carbocycles. The van der Waals surface area contributed by atoms with Crippen molar-refractivity contribution in [2.75, 3.05) is 0 Å². The van der Waals surface area contributed by atoms with Gasteiger partial charge in [0.05, 0.1) is 12.7 Å². The van der Waals surface area contributed by atoms with Crippen molar-refractivity contribution in [1.82, 2.24) is 0 Å². The van der Waals surface area contributed by atoms with Gasteiger partial charge >= 0.3 is 0 Å². The molecule has 1 aromatic carbocycles. The van der Waals surface area contributed by atoms with E-state index in [-0.39, 0.29) is 24.0 Å². The molecule has 1 fully saturated rings. The van der Waals surface area contributed by atoms with Crippen LogP contribution in [0, 0.1) is 17.6 Å². The number of aliphatic hydroxyl groups is 1. The topological polar surface area (TPSA) is 29.5 Å². The Bertz CT molecular complexity index is 389. The van der Waals surface area contributed by atoms with Crippen molar-refractivity contribution in [3.63, 3.8) is 0 Å². The summed E-state index contributed by atoms with van der Waals surface area (Å²) in [5.41, 5.74) is 0.217. The highest BCUT2D eigenvalue weighted by Crippen LogP contribution is 2.30. The van der Waals surface area contributed by atoms with E-state index < -0.39 is 11.6 Å². The molecule has 0 bridgehead atoms. The summed E-state index contributed by atoms with van der Waals surface area (Å²) in [7, 11) is 0. The van der Waals surface area contributed by atoms with Crippen molar-refractivity contribution in [1.29, 1.82) is 0 Å². The fourth-order valence-corrected chi connectivity index (χ4v) is 2.33. The van der Waals surface area contributed by atoms with Gasteiger partial charge in [-0.2, -0.15) is 0 Å². The summed E-state index contributed by atoms with van der Waals surface area (Å²) in [5.74, 6) is -1.13. The average Bonchev–Trinajstić information content (AvgIpc) is 2.35. The van der Waals surface area contributed by atoms with E-state index in [4.69, 9.17) is 9.84 Å². The second-order valence-corrected chi connectivity index (χ2v) is 5.05. The van der Waals surface area contributed by atoms with Crippen molar-refractivity contribution < 1.29 is 18.6 Å². The molecule has 0 radical (unpaired) electrons. The molecule has 0 atom stereocenters. The van der Waals surface area contributed by atoms with Crippen LogP contribution in [0.5, 0.6) is 5.75 Å². The highest BCUT2D eigenvalue weighted by Gasteiger charge is 2.22. The first-order valence-corrected chi connectivity index (χ1v) is 6.35. The van der Waals surface area contributed by atoms with Gasteiger partial charge in [0.2, 0.25) is 0 Å². The van der Waals surface area contributed by atoms with Gasteiger partial charge in [-0.05, 0) is 49.3 Å². The molecule has 1 aliphatic rings. The van der Waals surface area contributed by atoms with E-state index in [0.717, 1.165) is 37.8 Å². The molecule has 0 unspecified atom stereocenters. The minimum Gasteiger partial charge on any atom is -0.484 e. The lowest BCUT2D eigenvalue weighted by Gasteiger charge is -2.27. The Morgan fingerprint density at radius 2 is 1.72 bits per heavy atom. The predicted molar refractivity (Wildman–Crippen MR) is 64.3 cm³/mol. The first-order valence-electron chi connectivity index (χ1n) is 6.35. The quantitative estimate of drug-likeness (QED) is 0.898. The third-order valence-electron chi connectivity index (χ3n) is 3.49. The van der Waals surface area contributed by atoms with Crippen LogP contribution in [0.25, 0.3) is 0 Å². The summed E-state index contributed by atoms with van der Waals surface area (Å²) in [6.45, 7) is 1.79. The van der Waals surface area contributed by atoms with Crippen molar-refractivity contribution in [3.05, 3.63) is 29.3 Å². The highest BCUT2D eigenvalue weighted by atomic mass is 19.1. The minimum atomic E-state index is -0.738. The smallest absolute Gasteiger partial charge is 0.191 e. The van der Waals surface area contributed by atoms with Crippen LogP contribution in [-0.4, -0.2) is 11.2 Å². The number of halogens is 2. The van der Waals surface area contributed by atoms with E-state index in [1.54, 1.807) is 0 Å². The molecule has 0 aliphatic heterocycles. The zero-order valence-corrected chi connectivity index (χ0v) is 10.5. The third kappa shape index (κ3) is 2.99. The summed E-state index contributed by atoms with van der Waals surface area (Å²) in [6, 6.07) is 2.23. The molecular weight excluding hydrogens is 238 g/mol. The van der Waals surface area contributed by atoms with Gasteiger partial charge in [0, 0.05) is 0 Å². The summed E-state index contributed by atoms with van der Waals surface area (Å²) in [4.78, 5) is 0. The van der Waals surface area contributed by atoms with Gasteiger partial charge in [0.25, 0.3) is 0 Å². The van der Waals surface area contributed by atoms with Crippen LogP contribution in [0.3, 0.4) is 0 Å². The monoisotopic (exact) mass is 256 g/mol. The molecule has 1 aromatic rings. The molecule has 1 aliphatic carbocycles. The largest absolute Gasteiger partial charge is 0.484 e. The van der Waals surface area contributed by atoms with Gasteiger partial charge in [-0.1, -0.05) is 6.92 Å². The summed E-state index contributed by atoms with van der Waals surface area (Å²) >= 11 is 0. The molecule has 18 heavy (non-hydrogen) atoms. The maximum Gasteiger partial charge on any atom is 0.191 e. The molecule has 0 aromatic heterocycles. The Hall–Kier alpha value is -1.16. The van der Waals surface area contributed by atoms with Crippen LogP contribution in [0.1, 0.15) is 38.2 Å². The van der Waals surface area contributed by atoms with Crippen LogP contribution in [0.4, 0.5) is 8.78 Å². The van der Waals surface area contributed by atoms with E-state index in [9.17, 15) is 8.78 Å². The standard InChI is InChI=1S/C14H18F2O2/c1-9-2-4-11(5-3-9)18-14-12(15)6-10(8-17)7-13(14)16/h6-7,9,11,17H,2-5,8H2,1H3. The molecule has 0 saturated heterocycles. The molecule has 0 heterocycles. The molecule has 2 rings (SSSR count). The van der Waals surface area contributed by atoms with Gasteiger partial charge in [-0.25, -0.2) is 8.78 Å². The SMILES string of the molecule is CC1CCC(Oc2c(F)cc(CO)cc2F)CC1. The fraction of sp³-hybridized carbons (Fsp3) is 0.571. The summed E-state index contributed by atoms with van der Waals surface area (Å²) < 4.78 is 32.7. The Labute approximate surface area is 106 Å². The van der Waals surface area contributed by atoms with Gasteiger partial charge in [-0.15, -0.1) is 0 Å². The number of hydrogen-bond donors (Lipinski definition) is 1. The highest BCUT2D eigenvalue weighted by molar-refractivity contribution is 5.31. The average molecular weight is 256 g/mol. The predicted octanol–water partition coefficient (Wildman–Crippen LogP) is 3.41. The molecular formula is C14H18F2O2. The third-order valence-corrected chi connectivity index (χ3v) is 3.49. The first kappa shape index (κ1) is 13.3. The van der Waals surface area contributed by atoms with E-state index in [1.807, 2.05) is 0 Å².